The molecule has 1 atom stereocenters. The molecule has 0 spiro atoms. The van der Waals surface area contributed by atoms with Gasteiger partial charge in [-0.3, -0.25) is 4.79 Å². The van der Waals surface area contributed by atoms with Crippen molar-refractivity contribution in [1.82, 2.24) is 9.97 Å². The zero-order valence-electron chi connectivity index (χ0n) is 18.1. The van der Waals surface area contributed by atoms with E-state index < -0.39 is 74.5 Å². The number of nitrogens with zero attached hydrogens (tertiary/aromatic N) is 2. The van der Waals surface area contributed by atoms with Crippen LogP contribution in [0, 0.1) is 5.82 Å². The van der Waals surface area contributed by atoms with Gasteiger partial charge in [-0.25, -0.2) is 18.7 Å². The number of nitrogens with one attached hydrogen (secondary N) is 1. The molecule has 0 fully saturated rings. The lowest BCUT2D eigenvalue weighted by Crippen LogP contribution is -2.20. The van der Waals surface area contributed by atoms with Crippen molar-refractivity contribution in [2.75, 3.05) is 11.9 Å². The Balaban J connectivity index is 1.99. The fraction of sp³-hybridized carbons (Fsp3) is 0.174. The molecule has 0 aliphatic rings. The summed E-state index contributed by atoms with van der Waals surface area (Å²) in [6, 6.07) is 4.23. The summed E-state index contributed by atoms with van der Waals surface area (Å²) in [5.74, 6) is -6.69. The van der Waals surface area contributed by atoms with Crippen molar-refractivity contribution in [2.24, 2.45) is 0 Å². The van der Waals surface area contributed by atoms with E-state index in [1.54, 1.807) is 0 Å². The Bertz CT molecular complexity index is 1300. The highest BCUT2D eigenvalue weighted by molar-refractivity contribution is 6.35. The first-order valence-electron chi connectivity index (χ1n) is 10.0. The minimum absolute atomic E-state index is 0.00513. The predicted molar refractivity (Wildman–Crippen MR) is 121 cm³/mol. The summed E-state index contributed by atoms with van der Waals surface area (Å²) in [7, 11) is 0. The number of ketones is 1. The number of benzene rings is 2. The minimum Gasteiger partial charge on any atom is -0.347 e. The van der Waals surface area contributed by atoms with Gasteiger partial charge in [0.15, 0.2) is 11.6 Å². The molecule has 1 N–H and O–H groups in total. The summed E-state index contributed by atoms with van der Waals surface area (Å²) in [5, 5.41) is 0.911. The molecule has 3 aromatic rings. The van der Waals surface area contributed by atoms with E-state index in [-0.39, 0.29) is 18.1 Å². The zero-order chi connectivity index (χ0) is 27.5. The van der Waals surface area contributed by atoms with E-state index in [0.29, 0.717) is 18.2 Å². The van der Waals surface area contributed by atoms with Gasteiger partial charge in [0.05, 0.1) is 22.2 Å². The fourth-order valence-electron chi connectivity index (χ4n) is 3.19. The van der Waals surface area contributed by atoms with E-state index in [2.05, 4.69) is 15.3 Å². The second-order valence-corrected chi connectivity index (χ2v) is 8.25. The summed E-state index contributed by atoms with van der Waals surface area (Å²) in [5.41, 5.74) is -4.03. The monoisotopic (exact) mass is 569 g/mol. The molecule has 196 valence electrons. The number of hydrogen-bond acceptors (Lipinski definition) is 4. The van der Waals surface area contributed by atoms with E-state index >= 15 is 0 Å². The molecule has 0 amide bonds. The molecule has 0 bridgehead atoms. The van der Waals surface area contributed by atoms with Gasteiger partial charge in [-0.1, -0.05) is 35.3 Å². The summed E-state index contributed by atoms with van der Waals surface area (Å²) in [4.78, 5) is 19.9. The van der Waals surface area contributed by atoms with Crippen LogP contribution >= 0.6 is 23.2 Å². The van der Waals surface area contributed by atoms with Gasteiger partial charge in [0.2, 0.25) is 5.95 Å². The van der Waals surface area contributed by atoms with Crippen LogP contribution in [0.3, 0.4) is 0 Å². The SMILES string of the molecule is O=C(CNc1ncccn1)c1ccc(/C(F)=C/C(c2cc(Cl)c(F)c(Cl)c2)C(F)(F)F)cc1C(F)(F)F. The summed E-state index contributed by atoms with van der Waals surface area (Å²) in [6.07, 6.45) is -7.63. The molecule has 14 heteroatoms. The molecule has 2 aromatic carbocycles. The molecule has 0 aliphatic heterocycles. The summed E-state index contributed by atoms with van der Waals surface area (Å²) >= 11 is 11.1. The van der Waals surface area contributed by atoms with Gasteiger partial charge in [0.1, 0.15) is 11.7 Å². The van der Waals surface area contributed by atoms with Crippen molar-refractivity contribution in [3.05, 3.63) is 93.0 Å². The lowest BCUT2D eigenvalue weighted by Gasteiger charge is -2.19. The largest absolute Gasteiger partial charge is 0.417 e. The second kappa shape index (κ2) is 11.0. The van der Waals surface area contributed by atoms with Crippen LogP contribution in [0.1, 0.15) is 33.0 Å². The van der Waals surface area contributed by atoms with Gasteiger partial charge in [0, 0.05) is 23.5 Å². The Kier molecular flexibility index (Phi) is 8.43. The number of anilines is 1. The smallest absolute Gasteiger partial charge is 0.347 e. The summed E-state index contributed by atoms with van der Waals surface area (Å²) < 4.78 is 111. The van der Waals surface area contributed by atoms with Gasteiger partial charge in [0.25, 0.3) is 0 Å². The number of carbonyl (C=O) groups excluding carboxylic acids is 1. The second-order valence-electron chi connectivity index (χ2n) is 7.44. The molecule has 4 nitrogen and oxygen atoms in total. The third-order valence-corrected chi connectivity index (χ3v) is 5.45. The summed E-state index contributed by atoms with van der Waals surface area (Å²) in [6.45, 7) is -0.646. The van der Waals surface area contributed by atoms with Crippen LogP contribution in [-0.4, -0.2) is 28.5 Å². The topological polar surface area (TPSA) is 54.9 Å². The first-order chi connectivity index (χ1) is 17.2. The Morgan fingerprint density at radius 1 is 1.00 bits per heavy atom. The third-order valence-electron chi connectivity index (χ3n) is 4.90. The minimum atomic E-state index is -5.15. The third kappa shape index (κ3) is 6.95. The lowest BCUT2D eigenvalue weighted by atomic mass is 9.95. The Morgan fingerprint density at radius 3 is 2.14 bits per heavy atom. The molecular weight excluding hydrogens is 557 g/mol. The highest BCUT2D eigenvalue weighted by Gasteiger charge is 2.41. The van der Waals surface area contributed by atoms with Gasteiger partial charge < -0.3 is 5.32 Å². The molecule has 0 saturated carbocycles. The van der Waals surface area contributed by atoms with Crippen LogP contribution in [0.15, 0.2) is 54.9 Å². The Labute approximate surface area is 213 Å². The molecule has 0 saturated heterocycles. The van der Waals surface area contributed by atoms with Crippen molar-refractivity contribution >= 4 is 40.8 Å². The van der Waals surface area contributed by atoms with E-state index in [1.165, 1.54) is 18.5 Å². The van der Waals surface area contributed by atoms with Gasteiger partial charge in [-0.15, -0.1) is 0 Å². The standard InChI is InChI=1S/C23H13Cl2F8N3O/c24-16-7-12(8-17(25)20(16)27)14(22(28,29)30)9-18(26)11-2-3-13(15(6-11)23(31,32)33)19(37)10-36-21-34-4-1-5-35-21/h1-9,14H,10H2,(H,34,35,36)/b18-9-. The first kappa shape index (κ1) is 28.3. The molecule has 1 heterocycles. The molecule has 0 aliphatic carbocycles. The van der Waals surface area contributed by atoms with E-state index in [0.717, 1.165) is 6.07 Å². The number of Topliss-reactive ketones (excluding diaryl/α,β-unsaturated/α-hetero) is 1. The molecule has 1 aromatic heterocycles. The normalized spacial score (nSPS) is 13.4. The molecule has 3 rings (SSSR count). The average molecular weight is 570 g/mol. The van der Waals surface area contributed by atoms with Gasteiger partial charge >= 0.3 is 12.4 Å². The van der Waals surface area contributed by atoms with Crippen LogP contribution in [-0.2, 0) is 6.18 Å². The Morgan fingerprint density at radius 2 is 1.59 bits per heavy atom. The van der Waals surface area contributed by atoms with Crippen LogP contribution < -0.4 is 5.32 Å². The van der Waals surface area contributed by atoms with E-state index in [1.807, 2.05) is 0 Å². The van der Waals surface area contributed by atoms with Gasteiger partial charge in [-0.05, 0) is 35.9 Å². The number of rotatable bonds is 7. The number of allylic oxidation sites excluding steroid dienone is 1. The quantitative estimate of drug-likeness (QED) is 0.178. The molecular formula is C23H13Cl2F8N3O. The highest BCUT2D eigenvalue weighted by Crippen LogP contribution is 2.41. The number of alkyl halides is 6. The first-order valence-corrected chi connectivity index (χ1v) is 10.8. The van der Waals surface area contributed by atoms with Gasteiger partial charge in [-0.2, -0.15) is 26.3 Å². The maximum atomic E-state index is 14.9. The number of aromatic nitrogens is 2. The predicted octanol–water partition coefficient (Wildman–Crippen LogP) is 7.89. The van der Waals surface area contributed by atoms with E-state index in [9.17, 15) is 39.9 Å². The molecule has 0 radical (unpaired) electrons. The lowest BCUT2D eigenvalue weighted by molar-refractivity contribution is -0.140. The highest BCUT2D eigenvalue weighted by atomic mass is 35.5. The number of halogens is 10. The average Bonchev–Trinajstić information content (AvgIpc) is 2.83. The maximum Gasteiger partial charge on any atom is 0.417 e. The van der Waals surface area contributed by atoms with Crippen LogP contribution in [0.4, 0.5) is 41.1 Å². The van der Waals surface area contributed by atoms with Crippen molar-refractivity contribution in [3.63, 3.8) is 0 Å². The van der Waals surface area contributed by atoms with Crippen LogP contribution in [0.5, 0.6) is 0 Å². The maximum absolute atomic E-state index is 14.9. The molecule has 1 unspecified atom stereocenters. The van der Waals surface area contributed by atoms with Crippen molar-refractivity contribution in [3.8, 4) is 0 Å². The number of carbonyl (C=O) groups is 1. The van der Waals surface area contributed by atoms with Crippen molar-refractivity contribution in [1.29, 1.82) is 0 Å². The molecule has 37 heavy (non-hydrogen) atoms. The van der Waals surface area contributed by atoms with E-state index in [4.69, 9.17) is 23.2 Å². The van der Waals surface area contributed by atoms with Crippen LogP contribution in [0.25, 0.3) is 5.83 Å². The number of hydrogen-bond donors (Lipinski definition) is 1. The zero-order valence-corrected chi connectivity index (χ0v) is 19.6. The fourth-order valence-corrected chi connectivity index (χ4v) is 3.70. The van der Waals surface area contributed by atoms with Crippen molar-refractivity contribution in [2.45, 2.75) is 18.3 Å². The van der Waals surface area contributed by atoms with Crippen LogP contribution in [0.2, 0.25) is 10.0 Å². The Hall–Kier alpha value is -3.25. The van der Waals surface area contributed by atoms with Crippen molar-refractivity contribution < 1.29 is 39.9 Å².